The van der Waals surface area contributed by atoms with Crippen molar-refractivity contribution in [2.75, 3.05) is 5.75 Å². The van der Waals surface area contributed by atoms with E-state index in [0.717, 1.165) is 23.3 Å². The van der Waals surface area contributed by atoms with E-state index in [1.807, 2.05) is 0 Å². The van der Waals surface area contributed by atoms with Crippen molar-refractivity contribution in [1.29, 1.82) is 0 Å². The van der Waals surface area contributed by atoms with Gasteiger partial charge < -0.3 is 5.32 Å². The molecular formula is C12H23NS. The predicted octanol–water partition coefficient (Wildman–Crippen LogP) is 3.05. The Bertz CT molecular complexity index is 163. The van der Waals surface area contributed by atoms with Crippen LogP contribution < -0.4 is 5.32 Å². The van der Waals surface area contributed by atoms with E-state index in [1.54, 1.807) is 0 Å². The lowest BCUT2D eigenvalue weighted by Crippen LogP contribution is -2.52. The fourth-order valence-corrected chi connectivity index (χ4v) is 4.45. The van der Waals surface area contributed by atoms with Crippen LogP contribution in [0.15, 0.2) is 0 Å². The fourth-order valence-electron chi connectivity index (χ4n) is 2.78. The molecule has 0 bridgehead atoms. The fraction of sp³-hybridized carbons (Fsp3) is 1.00. The standard InChI is InChI=1S/C12H23NS/c1-3-9-5-6-11-12(7-9)14-8-10(4-2)13-11/h9-13H,3-8H2,1-2H3. The van der Waals surface area contributed by atoms with Gasteiger partial charge in [0.1, 0.15) is 0 Å². The molecule has 1 saturated carbocycles. The molecule has 14 heavy (non-hydrogen) atoms. The summed E-state index contributed by atoms with van der Waals surface area (Å²) in [5.41, 5.74) is 0. The minimum absolute atomic E-state index is 0.791. The van der Waals surface area contributed by atoms with Gasteiger partial charge >= 0.3 is 0 Å². The van der Waals surface area contributed by atoms with Crippen LogP contribution in [0.3, 0.4) is 0 Å². The molecule has 0 aromatic carbocycles. The Morgan fingerprint density at radius 3 is 2.79 bits per heavy atom. The molecule has 4 unspecified atom stereocenters. The summed E-state index contributed by atoms with van der Waals surface area (Å²) >= 11 is 2.24. The van der Waals surface area contributed by atoms with E-state index in [0.29, 0.717) is 0 Å². The quantitative estimate of drug-likeness (QED) is 0.756. The molecule has 0 radical (unpaired) electrons. The first-order valence-corrected chi connectivity index (χ1v) is 7.26. The maximum atomic E-state index is 3.83. The van der Waals surface area contributed by atoms with Gasteiger partial charge in [-0.3, -0.25) is 0 Å². The van der Waals surface area contributed by atoms with Gasteiger partial charge in [0.2, 0.25) is 0 Å². The number of rotatable bonds is 2. The van der Waals surface area contributed by atoms with Gasteiger partial charge in [-0.15, -0.1) is 0 Å². The summed E-state index contributed by atoms with van der Waals surface area (Å²) in [6.45, 7) is 4.65. The summed E-state index contributed by atoms with van der Waals surface area (Å²) in [5.74, 6) is 2.36. The highest BCUT2D eigenvalue weighted by Crippen LogP contribution is 2.37. The van der Waals surface area contributed by atoms with E-state index in [1.165, 1.54) is 37.9 Å². The molecule has 0 spiro atoms. The van der Waals surface area contributed by atoms with Crippen molar-refractivity contribution in [3.8, 4) is 0 Å². The second-order valence-electron chi connectivity index (χ2n) is 4.84. The van der Waals surface area contributed by atoms with Gasteiger partial charge in [-0.1, -0.05) is 20.3 Å². The molecule has 4 atom stereocenters. The first-order valence-electron chi connectivity index (χ1n) is 6.21. The summed E-state index contributed by atoms with van der Waals surface area (Å²) in [6.07, 6.45) is 7.04. The summed E-state index contributed by atoms with van der Waals surface area (Å²) in [7, 11) is 0. The third-order valence-corrected chi connectivity index (χ3v) is 5.48. The van der Waals surface area contributed by atoms with Crippen molar-refractivity contribution in [3.05, 3.63) is 0 Å². The number of hydrogen-bond acceptors (Lipinski definition) is 2. The van der Waals surface area contributed by atoms with Crippen LogP contribution in [0.25, 0.3) is 0 Å². The van der Waals surface area contributed by atoms with Gasteiger partial charge in [0.05, 0.1) is 0 Å². The summed E-state index contributed by atoms with van der Waals surface area (Å²) in [4.78, 5) is 0. The highest BCUT2D eigenvalue weighted by molar-refractivity contribution is 8.00. The highest BCUT2D eigenvalue weighted by atomic mass is 32.2. The Hall–Kier alpha value is 0.310. The van der Waals surface area contributed by atoms with Crippen molar-refractivity contribution >= 4 is 11.8 Å². The van der Waals surface area contributed by atoms with Crippen molar-refractivity contribution in [2.45, 2.75) is 63.3 Å². The molecule has 1 N–H and O–H groups in total. The molecular weight excluding hydrogens is 190 g/mol. The Balaban J connectivity index is 1.88. The Labute approximate surface area is 92.4 Å². The van der Waals surface area contributed by atoms with Crippen LogP contribution in [0.4, 0.5) is 0 Å². The average Bonchev–Trinajstić information content (AvgIpc) is 2.27. The van der Waals surface area contributed by atoms with Gasteiger partial charge in [0.15, 0.2) is 0 Å². The maximum absolute atomic E-state index is 3.83. The first kappa shape index (κ1) is 10.8. The summed E-state index contributed by atoms with van der Waals surface area (Å²) < 4.78 is 0. The monoisotopic (exact) mass is 213 g/mol. The van der Waals surface area contributed by atoms with Crippen LogP contribution in [0.2, 0.25) is 0 Å². The van der Waals surface area contributed by atoms with Crippen molar-refractivity contribution in [3.63, 3.8) is 0 Å². The summed E-state index contributed by atoms with van der Waals surface area (Å²) in [5, 5.41) is 4.76. The van der Waals surface area contributed by atoms with Gasteiger partial charge in [0.25, 0.3) is 0 Å². The lowest BCUT2D eigenvalue weighted by Gasteiger charge is -2.42. The smallest absolute Gasteiger partial charge is 0.0204 e. The van der Waals surface area contributed by atoms with Gasteiger partial charge in [-0.25, -0.2) is 0 Å². The van der Waals surface area contributed by atoms with E-state index in [9.17, 15) is 0 Å². The van der Waals surface area contributed by atoms with E-state index in [-0.39, 0.29) is 0 Å². The van der Waals surface area contributed by atoms with E-state index in [4.69, 9.17) is 0 Å². The zero-order chi connectivity index (χ0) is 9.97. The third-order valence-electron chi connectivity index (χ3n) is 3.93. The van der Waals surface area contributed by atoms with E-state index in [2.05, 4.69) is 30.9 Å². The lowest BCUT2D eigenvalue weighted by molar-refractivity contribution is 0.272. The van der Waals surface area contributed by atoms with Gasteiger partial charge in [-0.05, 0) is 31.6 Å². The normalized spacial score (nSPS) is 43.3. The molecule has 2 aliphatic rings. The molecule has 0 aromatic rings. The van der Waals surface area contributed by atoms with Crippen molar-refractivity contribution in [2.24, 2.45) is 5.92 Å². The van der Waals surface area contributed by atoms with E-state index >= 15 is 0 Å². The predicted molar refractivity (Wildman–Crippen MR) is 64.9 cm³/mol. The van der Waals surface area contributed by atoms with Crippen LogP contribution in [0.1, 0.15) is 46.0 Å². The lowest BCUT2D eigenvalue weighted by atomic mass is 9.83. The van der Waals surface area contributed by atoms with E-state index < -0.39 is 0 Å². The largest absolute Gasteiger partial charge is 0.309 e. The third kappa shape index (κ3) is 2.27. The number of thioether (sulfide) groups is 1. The number of nitrogens with one attached hydrogen (secondary N) is 1. The van der Waals surface area contributed by atoms with Crippen molar-refractivity contribution in [1.82, 2.24) is 5.32 Å². The molecule has 1 heterocycles. The molecule has 1 saturated heterocycles. The molecule has 2 heteroatoms. The Morgan fingerprint density at radius 2 is 2.07 bits per heavy atom. The van der Waals surface area contributed by atoms with Crippen LogP contribution in [0, 0.1) is 5.92 Å². The topological polar surface area (TPSA) is 12.0 Å². The Morgan fingerprint density at radius 1 is 1.21 bits per heavy atom. The first-order chi connectivity index (χ1) is 6.83. The molecule has 82 valence electrons. The zero-order valence-electron chi connectivity index (χ0n) is 9.46. The highest BCUT2D eigenvalue weighted by Gasteiger charge is 2.34. The minimum Gasteiger partial charge on any atom is -0.309 e. The zero-order valence-corrected chi connectivity index (χ0v) is 10.3. The Kier molecular flexibility index (Phi) is 3.78. The molecule has 1 aliphatic carbocycles. The second kappa shape index (κ2) is 4.89. The van der Waals surface area contributed by atoms with Crippen LogP contribution in [-0.2, 0) is 0 Å². The SMILES string of the molecule is CCC1CCC2NC(CC)CSC2C1. The average molecular weight is 213 g/mol. The number of hydrogen-bond donors (Lipinski definition) is 1. The van der Waals surface area contributed by atoms with Crippen molar-refractivity contribution < 1.29 is 0 Å². The number of fused-ring (bicyclic) bond motifs is 1. The van der Waals surface area contributed by atoms with Gasteiger partial charge in [0, 0.05) is 23.1 Å². The molecule has 0 amide bonds. The molecule has 2 rings (SSSR count). The maximum Gasteiger partial charge on any atom is 0.0204 e. The van der Waals surface area contributed by atoms with Crippen LogP contribution >= 0.6 is 11.8 Å². The van der Waals surface area contributed by atoms with Crippen LogP contribution in [0.5, 0.6) is 0 Å². The minimum atomic E-state index is 0.791. The molecule has 2 fully saturated rings. The van der Waals surface area contributed by atoms with Gasteiger partial charge in [-0.2, -0.15) is 11.8 Å². The molecule has 1 aliphatic heterocycles. The van der Waals surface area contributed by atoms with Crippen LogP contribution in [-0.4, -0.2) is 23.1 Å². The molecule has 1 nitrogen and oxygen atoms in total. The second-order valence-corrected chi connectivity index (χ2v) is 6.11. The molecule has 0 aromatic heterocycles. The summed E-state index contributed by atoms with van der Waals surface area (Å²) in [6, 6.07) is 1.63.